The standard InChI is InChI=1S/C16H20N2O2/c1-18-10-14(12-7-4-8-13(12)16(18)20)15(19)17-9-11-5-2-3-6-11/h4,7,10-11H,2-3,5-6,8-9H2,1H3,(H,17,19). The maximum absolute atomic E-state index is 12.4. The molecule has 1 aromatic heterocycles. The predicted molar refractivity (Wildman–Crippen MR) is 78.7 cm³/mol. The van der Waals surface area contributed by atoms with E-state index in [0.29, 0.717) is 17.9 Å². The van der Waals surface area contributed by atoms with Crippen LogP contribution in [0.5, 0.6) is 0 Å². The van der Waals surface area contributed by atoms with Crippen LogP contribution in [0.3, 0.4) is 0 Å². The zero-order valence-corrected chi connectivity index (χ0v) is 11.8. The van der Waals surface area contributed by atoms with Gasteiger partial charge >= 0.3 is 0 Å². The Balaban J connectivity index is 1.81. The van der Waals surface area contributed by atoms with Crippen molar-refractivity contribution in [3.8, 4) is 0 Å². The average Bonchev–Trinajstić information content (AvgIpc) is 3.10. The molecule has 2 aliphatic carbocycles. The second kappa shape index (κ2) is 5.27. The Kier molecular flexibility index (Phi) is 3.47. The molecule has 4 heteroatoms. The number of nitrogens with one attached hydrogen (secondary N) is 1. The molecule has 0 unspecified atom stereocenters. The fraction of sp³-hybridized carbons (Fsp3) is 0.500. The molecule has 2 aliphatic rings. The first kappa shape index (κ1) is 13.2. The summed E-state index contributed by atoms with van der Waals surface area (Å²) in [4.78, 5) is 24.4. The number of allylic oxidation sites excluding steroid dienone is 1. The minimum absolute atomic E-state index is 0.00246. The number of pyridine rings is 1. The van der Waals surface area contributed by atoms with Gasteiger partial charge in [-0.2, -0.15) is 0 Å². The number of hydrogen-bond donors (Lipinski definition) is 1. The van der Waals surface area contributed by atoms with E-state index in [0.717, 1.165) is 17.7 Å². The highest BCUT2D eigenvalue weighted by Crippen LogP contribution is 2.24. The lowest BCUT2D eigenvalue weighted by molar-refractivity contribution is 0.0946. The maximum Gasteiger partial charge on any atom is 0.254 e. The minimum atomic E-state index is -0.0599. The molecule has 3 rings (SSSR count). The lowest BCUT2D eigenvalue weighted by atomic mass is 10.0. The number of aromatic nitrogens is 1. The number of rotatable bonds is 3. The number of nitrogens with zero attached hydrogens (tertiary/aromatic N) is 1. The van der Waals surface area contributed by atoms with Crippen LogP contribution in [0.1, 0.15) is 47.2 Å². The van der Waals surface area contributed by atoms with Gasteiger partial charge in [-0.3, -0.25) is 9.59 Å². The largest absolute Gasteiger partial charge is 0.352 e. The van der Waals surface area contributed by atoms with Gasteiger partial charge < -0.3 is 9.88 Å². The van der Waals surface area contributed by atoms with Crippen LogP contribution in [0.25, 0.3) is 6.08 Å². The summed E-state index contributed by atoms with van der Waals surface area (Å²) in [6.45, 7) is 0.750. The molecule has 0 saturated heterocycles. The first-order chi connectivity index (χ1) is 9.66. The molecule has 0 bridgehead atoms. The van der Waals surface area contributed by atoms with Crippen molar-refractivity contribution in [2.24, 2.45) is 13.0 Å². The van der Waals surface area contributed by atoms with Crippen LogP contribution in [0.15, 0.2) is 17.1 Å². The van der Waals surface area contributed by atoms with Crippen LogP contribution in [0.4, 0.5) is 0 Å². The highest BCUT2D eigenvalue weighted by atomic mass is 16.2. The summed E-state index contributed by atoms with van der Waals surface area (Å²) in [5, 5.41) is 3.03. The smallest absolute Gasteiger partial charge is 0.254 e. The number of carbonyl (C=O) groups is 1. The van der Waals surface area contributed by atoms with E-state index in [-0.39, 0.29) is 11.5 Å². The molecule has 20 heavy (non-hydrogen) atoms. The van der Waals surface area contributed by atoms with Crippen LogP contribution >= 0.6 is 0 Å². The highest BCUT2D eigenvalue weighted by molar-refractivity contribution is 5.98. The van der Waals surface area contributed by atoms with Crippen LogP contribution in [0.2, 0.25) is 0 Å². The van der Waals surface area contributed by atoms with Gasteiger partial charge in [-0.25, -0.2) is 0 Å². The first-order valence-electron chi connectivity index (χ1n) is 7.34. The van der Waals surface area contributed by atoms with E-state index in [4.69, 9.17) is 0 Å². The van der Waals surface area contributed by atoms with Crippen molar-refractivity contribution in [1.82, 2.24) is 9.88 Å². The summed E-state index contributed by atoms with van der Waals surface area (Å²) in [5.41, 5.74) is 2.16. The molecule has 1 saturated carbocycles. The van der Waals surface area contributed by atoms with Gasteiger partial charge in [-0.15, -0.1) is 0 Å². The summed E-state index contributed by atoms with van der Waals surface area (Å²) < 4.78 is 1.51. The lowest BCUT2D eigenvalue weighted by Gasteiger charge is -2.13. The van der Waals surface area contributed by atoms with E-state index in [1.165, 1.54) is 30.3 Å². The normalized spacial score (nSPS) is 17.4. The molecule has 4 nitrogen and oxygen atoms in total. The van der Waals surface area contributed by atoms with Crippen molar-refractivity contribution in [3.05, 3.63) is 39.3 Å². The van der Waals surface area contributed by atoms with Crippen molar-refractivity contribution in [3.63, 3.8) is 0 Å². The quantitative estimate of drug-likeness (QED) is 0.913. The summed E-state index contributed by atoms with van der Waals surface area (Å²) in [5.74, 6) is 0.561. The van der Waals surface area contributed by atoms with Gasteiger partial charge in [0.05, 0.1) is 5.56 Å². The molecule has 106 valence electrons. The summed E-state index contributed by atoms with van der Waals surface area (Å²) in [6.07, 6.45) is 11.1. The summed E-state index contributed by atoms with van der Waals surface area (Å²) >= 11 is 0. The van der Waals surface area contributed by atoms with E-state index in [1.54, 1.807) is 13.2 Å². The highest BCUT2D eigenvalue weighted by Gasteiger charge is 2.21. The summed E-state index contributed by atoms with van der Waals surface area (Å²) in [7, 11) is 1.70. The molecular formula is C16H20N2O2. The SMILES string of the molecule is Cn1cc(C(=O)NCC2CCCC2)c2c(c1=O)CC=C2. The van der Waals surface area contributed by atoms with E-state index in [9.17, 15) is 9.59 Å². The predicted octanol–water partition coefficient (Wildman–Crippen LogP) is 1.87. The summed E-state index contributed by atoms with van der Waals surface area (Å²) in [6, 6.07) is 0. The lowest BCUT2D eigenvalue weighted by Crippen LogP contribution is -2.31. The third-order valence-electron chi connectivity index (χ3n) is 4.39. The molecule has 1 aromatic rings. The topological polar surface area (TPSA) is 51.1 Å². The molecule has 1 heterocycles. The first-order valence-corrected chi connectivity index (χ1v) is 7.34. The van der Waals surface area contributed by atoms with Gasteiger partial charge in [0.2, 0.25) is 0 Å². The Bertz CT molecular complexity index is 622. The Labute approximate surface area is 118 Å². The number of hydrogen-bond acceptors (Lipinski definition) is 2. The Morgan fingerprint density at radius 2 is 2.15 bits per heavy atom. The van der Waals surface area contributed by atoms with E-state index < -0.39 is 0 Å². The molecular weight excluding hydrogens is 252 g/mol. The maximum atomic E-state index is 12.4. The number of carbonyl (C=O) groups excluding carboxylic acids is 1. The number of aryl methyl sites for hydroxylation is 1. The van der Waals surface area contributed by atoms with Crippen LogP contribution in [-0.4, -0.2) is 17.0 Å². The zero-order valence-electron chi connectivity index (χ0n) is 11.8. The Morgan fingerprint density at radius 1 is 1.40 bits per heavy atom. The molecule has 1 amide bonds. The van der Waals surface area contributed by atoms with Gasteiger partial charge in [0, 0.05) is 25.4 Å². The zero-order chi connectivity index (χ0) is 14.1. The molecule has 0 aliphatic heterocycles. The van der Waals surface area contributed by atoms with Crippen LogP contribution in [0, 0.1) is 5.92 Å². The number of fused-ring (bicyclic) bond motifs is 1. The van der Waals surface area contributed by atoms with Gasteiger partial charge in [0.15, 0.2) is 0 Å². The third kappa shape index (κ3) is 2.30. The fourth-order valence-electron chi connectivity index (χ4n) is 3.22. The molecule has 1 fully saturated rings. The van der Waals surface area contributed by atoms with Crippen molar-refractivity contribution in [2.75, 3.05) is 6.54 Å². The minimum Gasteiger partial charge on any atom is -0.352 e. The van der Waals surface area contributed by atoms with Crippen molar-refractivity contribution in [1.29, 1.82) is 0 Å². The van der Waals surface area contributed by atoms with Gasteiger partial charge in [-0.1, -0.05) is 25.0 Å². The molecule has 0 radical (unpaired) electrons. The molecule has 0 aromatic carbocycles. The van der Waals surface area contributed by atoms with Crippen molar-refractivity contribution in [2.45, 2.75) is 32.1 Å². The Morgan fingerprint density at radius 3 is 2.90 bits per heavy atom. The van der Waals surface area contributed by atoms with E-state index in [2.05, 4.69) is 5.32 Å². The van der Waals surface area contributed by atoms with Crippen molar-refractivity contribution >= 4 is 12.0 Å². The second-order valence-corrected chi connectivity index (χ2v) is 5.82. The van der Waals surface area contributed by atoms with Crippen LogP contribution < -0.4 is 10.9 Å². The molecule has 0 spiro atoms. The number of amides is 1. The van der Waals surface area contributed by atoms with E-state index >= 15 is 0 Å². The monoisotopic (exact) mass is 272 g/mol. The van der Waals surface area contributed by atoms with Crippen molar-refractivity contribution < 1.29 is 4.79 Å². The third-order valence-corrected chi connectivity index (χ3v) is 4.39. The molecule has 1 N–H and O–H groups in total. The van der Waals surface area contributed by atoms with Gasteiger partial charge in [0.25, 0.3) is 11.5 Å². The van der Waals surface area contributed by atoms with E-state index in [1.807, 2.05) is 12.2 Å². The Hall–Kier alpha value is -1.84. The van der Waals surface area contributed by atoms with Gasteiger partial charge in [0.1, 0.15) is 0 Å². The second-order valence-electron chi connectivity index (χ2n) is 5.82. The van der Waals surface area contributed by atoms with Gasteiger partial charge in [-0.05, 0) is 30.7 Å². The molecule has 0 atom stereocenters. The average molecular weight is 272 g/mol. The fourth-order valence-corrected chi connectivity index (χ4v) is 3.22. The van der Waals surface area contributed by atoms with Crippen LogP contribution in [-0.2, 0) is 13.5 Å².